The summed E-state index contributed by atoms with van der Waals surface area (Å²) in [4.78, 5) is 19.2. The largest absolute Gasteiger partial charge is 0.372 e. The third kappa shape index (κ3) is 5.55. The molecule has 2 heterocycles. The fourth-order valence-corrected chi connectivity index (χ4v) is 4.81. The summed E-state index contributed by atoms with van der Waals surface area (Å²) in [5, 5.41) is 6.59. The quantitative estimate of drug-likeness (QED) is 0.751. The number of carbonyl (C=O) groups is 1. The monoisotopic (exact) mass is 423 g/mol. The molecule has 8 heteroatoms. The number of nitrogens with one attached hydrogen (secondary N) is 1. The molecule has 150 valence electrons. The average molecular weight is 424 g/mol. The zero-order chi connectivity index (χ0) is 17.1. The van der Waals surface area contributed by atoms with Crippen molar-refractivity contribution in [2.45, 2.75) is 70.7 Å². The first kappa shape index (κ1) is 23.6. The Hall–Kier alpha value is -0.400. The van der Waals surface area contributed by atoms with E-state index in [4.69, 9.17) is 4.74 Å². The van der Waals surface area contributed by atoms with Gasteiger partial charge >= 0.3 is 0 Å². The minimum Gasteiger partial charge on any atom is -0.372 e. The highest BCUT2D eigenvalue weighted by molar-refractivity contribution is 7.09. The van der Waals surface area contributed by atoms with Crippen molar-refractivity contribution in [3.05, 3.63) is 16.1 Å². The molecule has 2 aliphatic rings. The number of aromatic nitrogens is 1. The number of thiazole rings is 1. The van der Waals surface area contributed by atoms with Crippen LogP contribution in [0.25, 0.3) is 0 Å². The highest BCUT2D eigenvalue weighted by Gasteiger charge is 2.39. The Morgan fingerprint density at radius 3 is 2.85 bits per heavy atom. The van der Waals surface area contributed by atoms with Crippen molar-refractivity contribution in [2.75, 3.05) is 13.7 Å². The van der Waals surface area contributed by atoms with Crippen molar-refractivity contribution in [3.8, 4) is 0 Å². The van der Waals surface area contributed by atoms with Crippen LogP contribution < -0.4 is 5.32 Å². The van der Waals surface area contributed by atoms with Gasteiger partial charge in [0.1, 0.15) is 11.1 Å². The lowest BCUT2D eigenvalue weighted by molar-refractivity contribution is -0.132. The Kier molecular flexibility index (Phi) is 9.83. The molecular weight excluding hydrogens is 393 g/mol. The van der Waals surface area contributed by atoms with E-state index in [1.165, 1.54) is 25.7 Å². The minimum absolute atomic E-state index is 0. The second-order valence-electron chi connectivity index (χ2n) is 7.07. The lowest BCUT2D eigenvalue weighted by Crippen LogP contribution is -2.43. The molecule has 1 saturated carbocycles. The molecule has 0 radical (unpaired) electrons. The predicted molar refractivity (Wildman–Crippen MR) is 110 cm³/mol. The van der Waals surface area contributed by atoms with Crippen molar-refractivity contribution >= 4 is 42.1 Å². The Labute approximate surface area is 173 Å². The standard InChI is InChI=1S/C18H29N3O2S.2ClH/c1-4-23-12(2)17-19-14(11-24-17)10-21(3)18(22)16-9-13-7-5-6-8-15(13)20-16;;/h11-13,15-16,20H,4-10H2,1-3H3;2*1H. The maximum absolute atomic E-state index is 12.8. The maximum atomic E-state index is 12.8. The van der Waals surface area contributed by atoms with E-state index in [-0.39, 0.29) is 42.9 Å². The first-order chi connectivity index (χ1) is 11.6. The molecule has 3 rings (SSSR count). The van der Waals surface area contributed by atoms with E-state index < -0.39 is 0 Å². The van der Waals surface area contributed by atoms with Gasteiger partial charge < -0.3 is 15.0 Å². The van der Waals surface area contributed by atoms with Crippen LogP contribution in [0.1, 0.15) is 62.8 Å². The molecule has 0 spiro atoms. The molecule has 1 aromatic heterocycles. The van der Waals surface area contributed by atoms with E-state index >= 15 is 0 Å². The summed E-state index contributed by atoms with van der Waals surface area (Å²) >= 11 is 1.61. The molecule has 1 saturated heterocycles. The van der Waals surface area contributed by atoms with E-state index in [2.05, 4.69) is 10.3 Å². The van der Waals surface area contributed by atoms with Crippen molar-refractivity contribution in [3.63, 3.8) is 0 Å². The number of carbonyl (C=O) groups excluding carboxylic acids is 1. The Balaban J connectivity index is 0.00000169. The third-order valence-corrected chi connectivity index (χ3v) is 6.32. The molecule has 2 fully saturated rings. The number of halogens is 2. The number of fused-ring (bicyclic) bond motifs is 1. The SMILES string of the molecule is CCOC(C)c1nc(CN(C)C(=O)C2CC3CCCCC3N2)cs1.Cl.Cl. The van der Waals surface area contributed by atoms with Crippen molar-refractivity contribution in [1.29, 1.82) is 0 Å². The van der Waals surface area contributed by atoms with Crippen LogP contribution in [0.3, 0.4) is 0 Å². The second kappa shape index (κ2) is 10.8. The molecule has 0 bridgehead atoms. The maximum Gasteiger partial charge on any atom is 0.239 e. The van der Waals surface area contributed by atoms with Gasteiger partial charge in [0.05, 0.1) is 18.3 Å². The summed E-state index contributed by atoms with van der Waals surface area (Å²) in [7, 11) is 1.89. The Morgan fingerprint density at radius 2 is 2.15 bits per heavy atom. The molecule has 4 atom stereocenters. The van der Waals surface area contributed by atoms with Gasteiger partial charge in [-0.25, -0.2) is 4.98 Å². The van der Waals surface area contributed by atoms with Crippen LogP contribution in [-0.2, 0) is 16.1 Å². The number of amides is 1. The van der Waals surface area contributed by atoms with E-state index in [1.807, 2.05) is 31.2 Å². The zero-order valence-corrected chi connectivity index (χ0v) is 18.2. The topological polar surface area (TPSA) is 54.5 Å². The summed E-state index contributed by atoms with van der Waals surface area (Å²) in [6.07, 6.45) is 6.13. The zero-order valence-electron chi connectivity index (χ0n) is 15.8. The summed E-state index contributed by atoms with van der Waals surface area (Å²) < 4.78 is 5.59. The first-order valence-electron chi connectivity index (χ1n) is 9.15. The third-order valence-electron chi connectivity index (χ3n) is 5.27. The van der Waals surface area contributed by atoms with Gasteiger partial charge in [-0.1, -0.05) is 12.8 Å². The van der Waals surface area contributed by atoms with Gasteiger partial charge in [-0.2, -0.15) is 0 Å². The van der Waals surface area contributed by atoms with Gasteiger partial charge in [0.2, 0.25) is 5.91 Å². The fraction of sp³-hybridized carbons (Fsp3) is 0.778. The van der Waals surface area contributed by atoms with E-state index in [0.29, 0.717) is 25.1 Å². The van der Waals surface area contributed by atoms with Gasteiger partial charge in [-0.3, -0.25) is 4.79 Å². The predicted octanol–water partition coefficient (Wildman–Crippen LogP) is 3.96. The Morgan fingerprint density at radius 1 is 1.42 bits per heavy atom. The van der Waals surface area contributed by atoms with Crippen LogP contribution in [0.5, 0.6) is 0 Å². The van der Waals surface area contributed by atoms with Crippen LogP contribution in [0, 0.1) is 5.92 Å². The lowest BCUT2D eigenvalue weighted by atomic mass is 9.85. The number of ether oxygens (including phenoxy) is 1. The molecule has 1 aliphatic carbocycles. The fourth-order valence-electron chi connectivity index (χ4n) is 4.00. The number of rotatable bonds is 6. The van der Waals surface area contributed by atoms with Crippen LogP contribution in [0.4, 0.5) is 0 Å². The van der Waals surface area contributed by atoms with Gasteiger partial charge in [0.15, 0.2) is 0 Å². The van der Waals surface area contributed by atoms with Crippen molar-refractivity contribution in [2.24, 2.45) is 5.92 Å². The minimum atomic E-state index is -0.0106. The normalized spacial score (nSPS) is 25.6. The van der Waals surface area contributed by atoms with Crippen molar-refractivity contribution in [1.82, 2.24) is 15.2 Å². The molecule has 1 N–H and O–H groups in total. The van der Waals surface area contributed by atoms with Crippen LogP contribution in [0.15, 0.2) is 5.38 Å². The highest BCUT2D eigenvalue weighted by atomic mass is 35.5. The van der Waals surface area contributed by atoms with Gasteiger partial charge in [0.25, 0.3) is 0 Å². The summed E-state index contributed by atoms with van der Waals surface area (Å²) in [6.45, 7) is 5.26. The molecule has 1 aromatic rings. The molecule has 26 heavy (non-hydrogen) atoms. The summed E-state index contributed by atoms with van der Waals surface area (Å²) in [5.74, 6) is 0.899. The second-order valence-corrected chi connectivity index (χ2v) is 7.96. The summed E-state index contributed by atoms with van der Waals surface area (Å²) in [5.41, 5.74) is 0.952. The molecule has 5 nitrogen and oxygen atoms in total. The van der Waals surface area contributed by atoms with Gasteiger partial charge in [0, 0.05) is 25.1 Å². The van der Waals surface area contributed by atoms with Gasteiger partial charge in [-0.05, 0) is 39.0 Å². The van der Waals surface area contributed by atoms with Crippen LogP contribution in [0.2, 0.25) is 0 Å². The van der Waals surface area contributed by atoms with Gasteiger partial charge in [-0.15, -0.1) is 36.2 Å². The average Bonchev–Trinajstić information content (AvgIpc) is 3.20. The Bertz CT molecular complexity index is 558. The number of nitrogens with zero attached hydrogens (tertiary/aromatic N) is 2. The van der Waals surface area contributed by atoms with Crippen LogP contribution >= 0.6 is 36.2 Å². The van der Waals surface area contributed by atoms with E-state index in [0.717, 1.165) is 17.1 Å². The number of hydrogen-bond acceptors (Lipinski definition) is 5. The molecule has 0 aromatic carbocycles. The smallest absolute Gasteiger partial charge is 0.239 e. The molecule has 4 unspecified atom stereocenters. The highest BCUT2D eigenvalue weighted by Crippen LogP contribution is 2.33. The van der Waals surface area contributed by atoms with E-state index in [1.54, 1.807) is 11.3 Å². The number of likely N-dealkylation sites (N-methyl/N-ethyl adjacent to an activating group) is 1. The first-order valence-corrected chi connectivity index (χ1v) is 10.0. The molecule has 1 amide bonds. The molecule has 1 aliphatic heterocycles. The summed E-state index contributed by atoms with van der Waals surface area (Å²) in [6, 6.07) is 0.544. The van der Waals surface area contributed by atoms with Crippen molar-refractivity contribution < 1.29 is 9.53 Å². The lowest BCUT2D eigenvalue weighted by Gasteiger charge is -2.24. The number of hydrogen-bond donors (Lipinski definition) is 1. The van der Waals surface area contributed by atoms with E-state index in [9.17, 15) is 4.79 Å². The molecular formula is C18H31Cl2N3O2S. The van der Waals surface area contributed by atoms with Crippen LogP contribution in [-0.4, -0.2) is 41.5 Å².